The fourth-order valence-electron chi connectivity index (χ4n) is 1.88. The molecule has 2 rings (SSSR count). The Morgan fingerprint density at radius 2 is 1.10 bits per heavy atom. The first-order chi connectivity index (χ1) is 13.0. The standard InChI is InChI=1S/C14H10O4S2.C4H13N3.2H2O/c15-13(16)9-5-1-3-7-11(9)19-20-12-8-4-2-6-10(12)14(17)18;5-1-3-7-4-2-6;;/h1-8H,(H,15,16)(H,17,18);7H,1-6H2;2*1H2. The fourth-order valence-corrected chi connectivity index (χ4v) is 4.22. The molecular weight excluding hydrogens is 418 g/mol. The van der Waals surface area contributed by atoms with Gasteiger partial charge in [-0.25, -0.2) is 0 Å². The van der Waals surface area contributed by atoms with E-state index in [1.54, 1.807) is 36.4 Å². The molecule has 11 N–H and O–H groups in total. The molecule has 0 saturated heterocycles. The lowest BCUT2D eigenvalue weighted by Crippen LogP contribution is -2.57. The van der Waals surface area contributed by atoms with Crippen molar-refractivity contribution < 1.29 is 42.2 Å². The summed E-state index contributed by atoms with van der Waals surface area (Å²) in [5, 5.41) is 25.1. The van der Waals surface area contributed by atoms with Crippen LogP contribution < -0.4 is 27.0 Å². The van der Waals surface area contributed by atoms with Crippen molar-refractivity contribution in [2.75, 3.05) is 26.2 Å². The number of carbonyl (C=O) groups excluding carboxylic acids is 2. The van der Waals surface area contributed by atoms with Gasteiger partial charge in [-0.2, -0.15) is 0 Å². The summed E-state index contributed by atoms with van der Waals surface area (Å²) in [6.07, 6.45) is 0. The number of aromatic carboxylic acids is 2. The highest BCUT2D eigenvalue weighted by Gasteiger charge is 2.07. The molecule has 0 heterocycles. The molecule has 0 aliphatic carbocycles. The second kappa shape index (κ2) is 16.8. The molecule has 0 aliphatic heterocycles. The van der Waals surface area contributed by atoms with Crippen molar-refractivity contribution in [1.29, 1.82) is 0 Å². The summed E-state index contributed by atoms with van der Waals surface area (Å²) >= 11 is 0. The lowest BCUT2D eigenvalue weighted by molar-refractivity contribution is -0.370. The maximum absolute atomic E-state index is 11.0. The van der Waals surface area contributed by atoms with Crippen molar-refractivity contribution in [2.24, 2.45) is 0 Å². The first kappa shape index (κ1) is 29.1. The van der Waals surface area contributed by atoms with Crippen molar-refractivity contribution in [3.63, 3.8) is 0 Å². The molecule has 0 amide bonds. The van der Waals surface area contributed by atoms with Gasteiger partial charge in [-0.05, 0) is 12.1 Å². The topological polar surface area (TPSA) is 211 Å². The van der Waals surface area contributed by atoms with Crippen LogP contribution in [0.4, 0.5) is 0 Å². The Morgan fingerprint density at radius 1 is 0.759 bits per heavy atom. The van der Waals surface area contributed by atoms with E-state index in [-0.39, 0.29) is 22.1 Å². The monoisotopic (exact) mass is 445 g/mol. The van der Waals surface area contributed by atoms with Gasteiger partial charge in [0.05, 0.1) is 25.0 Å². The van der Waals surface area contributed by atoms with Crippen molar-refractivity contribution >= 4 is 33.5 Å². The Hall–Kier alpha value is -2.12. The van der Waals surface area contributed by atoms with E-state index in [0.717, 1.165) is 47.8 Å². The van der Waals surface area contributed by atoms with E-state index in [4.69, 9.17) is 0 Å². The maximum Gasteiger partial charge on any atom is 0.0866 e. The molecule has 0 spiro atoms. The van der Waals surface area contributed by atoms with Gasteiger partial charge >= 0.3 is 0 Å². The molecule has 0 aliphatic rings. The van der Waals surface area contributed by atoms with Crippen LogP contribution in [0.25, 0.3) is 0 Å². The van der Waals surface area contributed by atoms with E-state index in [1.807, 2.05) is 0 Å². The van der Waals surface area contributed by atoms with E-state index in [2.05, 4.69) is 16.8 Å². The molecule has 2 aromatic rings. The number of hydrogen-bond donors (Lipinski definition) is 3. The van der Waals surface area contributed by atoms with Crippen molar-refractivity contribution in [3.8, 4) is 0 Å². The maximum atomic E-state index is 11.0. The molecule has 0 bridgehead atoms. The van der Waals surface area contributed by atoms with Crippen molar-refractivity contribution in [3.05, 3.63) is 59.7 Å². The summed E-state index contributed by atoms with van der Waals surface area (Å²) in [5.41, 5.74) is 7.51. The van der Waals surface area contributed by atoms with Crippen LogP contribution in [-0.2, 0) is 0 Å². The SMILES string of the molecule is O.O.O=C([O-])c1ccccc1SSc1ccccc1C(=O)[O-].[NH3+]CCNCC[NH3+]. The lowest BCUT2D eigenvalue weighted by Gasteiger charge is -2.11. The van der Waals surface area contributed by atoms with Crippen LogP contribution >= 0.6 is 21.6 Å². The highest BCUT2D eigenvalue weighted by atomic mass is 33.1. The summed E-state index contributed by atoms with van der Waals surface area (Å²) in [5.74, 6) is -2.52. The largest absolute Gasteiger partial charge is 0.545 e. The summed E-state index contributed by atoms with van der Waals surface area (Å²) < 4.78 is 0. The molecule has 9 nitrogen and oxygen atoms in total. The van der Waals surface area contributed by atoms with Crippen LogP contribution in [0.2, 0.25) is 0 Å². The third kappa shape index (κ3) is 10.9. The van der Waals surface area contributed by atoms with Crippen molar-refractivity contribution in [2.45, 2.75) is 9.79 Å². The van der Waals surface area contributed by atoms with Gasteiger partial charge < -0.3 is 47.5 Å². The number of nitrogens with one attached hydrogen (secondary N) is 1. The first-order valence-electron chi connectivity index (χ1n) is 8.25. The Bertz CT molecular complexity index is 688. The molecule has 0 saturated carbocycles. The normalized spacial score (nSPS) is 9.31. The molecule has 0 fully saturated rings. The second-order valence-corrected chi connectivity index (χ2v) is 7.40. The van der Waals surface area contributed by atoms with Crippen LogP contribution in [0.5, 0.6) is 0 Å². The number of quaternary nitrogens is 2. The zero-order chi connectivity index (χ0) is 20.1. The minimum atomic E-state index is -1.26. The summed E-state index contributed by atoms with van der Waals surface area (Å²) in [6.45, 7) is 3.99. The van der Waals surface area contributed by atoms with E-state index in [0.29, 0.717) is 9.79 Å². The Morgan fingerprint density at radius 3 is 1.41 bits per heavy atom. The summed E-state index contributed by atoms with van der Waals surface area (Å²) in [7, 11) is 2.33. The number of carboxylic acids is 2. The Balaban J connectivity index is 0. The quantitative estimate of drug-likeness (QED) is 0.263. The van der Waals surface area contributed by atoms with Gasteiger partial charge in [-0.1, -0.05) is 58.0 Å². The van der Waals surface area contributed by atoms with Gasteiger partial charge in [0, 0.05) is 34.0 Å². The smallest absolute Gasteiger partial charge is 0.0866 e. The van der Waals surface area contributed by atoms with Gasteiger partial charge in [0.2, 0.25) is 0 Å². The molecule has 0 aromatic heterocycles. The van der Waals surface area contributed by atoms with E-state index < -0.39 is 11.9 Å². The minimum absolute atomic E-state index is 0. The first-order valence-corrected chi connectivity index (χ1v) is 10.4. The van der Waals surface area contributed by atoms with Crippen LogP contribution in [0.1, 0.15) is 20.7 Å². The van der Waals surface area contributed by atoms with Gasteiger partial charge in [-0.3, -0.25) is 0 Å². The van der Waals surface area contributed by atoms with Crippen LogP contribution in [0.3, 0.4) is 0 Å². The van der Waals surface area contributed by atoms with E-state index in [1.165, 1.54) is 12.1 Å². The Labute approximate surface area is 176 Å². The number of benzene rings is 2. The Kier molecular flexibility index (Phi) is 16.8. The third-order valence-electron chi connectivity index (χ3n) is 3.14. The lowest BCUT2D eigenvalue weighted by atomic mass is 10.2. The molecule has 0 unspecified atom stereocenters. The molecule has 0 radical (unpaired) electrons. The van der Waals surface area contributed by atoms with Gasteiger partial charge in [0.1, 0.15) is 0 Å². The number of carboxylic acid groups (broad SMARTS) is 2. The minimum Gasteiger partial charge on any atom is -0.545 e. The molecule has 11 heteroatoms. The molecular formula is C18H27N3O6S2. The van der Waals surface area contributed by atoms with Gasteiger partial charge in [-0.15, -0.1) is 0 Å². The van der Waals surface area contributed by atoms with Crippen molar-refractivity contribution in [1.82, 2.24) is 5.32 Å². The average molecular weight is 446 g/mol. The summed E-state index contributed by atoms with van der Waals surface area (Å²) in [4.78, 5) is 23.0. The molecule has 162 valence electrons. The molecule has 29 heavy (non-hydrogen) atoms. The highest BCUT2D eigenvalue weighted by Crippen LogP contribution is 2.40. The second-order valence-electron chi connectivity index (χ2n) is 5.19. The van der Waals surface area contributed by atoms with Crippen LogP contribution in [0.15, 0.2) is 58.3 Å². The van der Waals surface area contributed by atoms with E-state index in [9.17, 15) is 19.8 Å². The summed E-state index contributed by atoms with van der Waals surface area (Å²) in [6, 6.07) is 12.8. The van der Waals surface area contributed by atoms with Crippen LogP contribution in [-0.4, -0.2) is 49.1 Å². The number of rotatable bonds is 9. The predicted molar refractivity (Wildman–Crippen MR) is 109 cm³/mol. The zero-order valence-corrected chi connectivity index (χ0v) is 17.4. The third-order valence-corrected chi connectivity index (χ3v) is 5.62. The average Bonchev–Trinajstić information content (AvgIpc) is 2.67. The highest BCUT2D eigenvalue weighted by molar-refractivity contribution is 8.76. The predicted octanol–water partition coefficient (Wildman–Crippen LogP) is -3.38. The molecule has 2 aromatic carbocycles. The molecule has 0 atom stereocenters. The van der Waals surface area contributed by atoms with Gasteiger partial charge in [0.15, 0.2) is 0 Å². The number of hydrogen-bond acceptors (Lipinski definition) is 7. The fraction of sp³-hybridized carbons (Fsp3) is 0.222. The van der Waals surface area contributed by atoms with Crippen LogP contribution in [0, 0.1) is 0 Å². The van der Waals surface area contributed by atoms with Gasteiger partial charge in [0.25, 0.3) is 0 Å². The van der Waals surface area contributed by atoms with E-state index >= 15 is 0 Å². The zero-order valence-electron chi connectivity index (χ0n) is 15.8. The number of carbonyl (C=O) groups is 2.